The molecule has 1 heterocycles. The van der Waals surface area contributed by atoms with E-state index >= 15 is 0 Å². The van der Waals surface area contributed by atoms with Gasteiger partial charge in [-0.25, -0.2) is 0 Å². The first kappa shape index (κ1) is 10.2. The first-order chi connectivity index (χ1) is 7.18. The fourth-order valence-electron chi connectivity index (χ4n) is 1.45. The topological polar surface area (TPSA) is 26.3 Å². The third kappa shape index (κ3) is 2.05. The fourth-order valence-corrected chi connectivity index (χ4v) is 1.63. The number of carbonyl (C=O) groups is 1. The summed E-state index contributed by atoms with van der Waals surface area (Å²) < 4.78 is 5.21. The Morgan fingerprint density at radius 2 is 2.27 bits per heavy atom. The van der Waals surface area contributed by atoms with Gasteiger partial charge < -0.3 is 4.74 Å². The van der Waals surface area contributed by atoms with Crippen LogP contribution in [0.5, 0.6) is 0 Å². The predicted octanol–water partition coefficient (Wildman–Crippen LogP) is 3.14. The van der Waals surface area contributed by atoms with Gasteiger partial charge in [-0.05, 0) is 24.6 Å². The number of rotatable bonds is 2. The van der Waals surface area contributed by atoms with E-state index in [2.05, 4.69) is 0 Å². The lowest BCUT2D eigenvalue weighted by Gasteiger charge is -2.04. The molecule has 0 atom stereocenters. The van der Waals surface area contributed by atoms with Crippen molar-refractivity contribution in [2.24, 2.45) is 0 Å². The lowest BCUT2D eigenvalue weighted by Crippen LogP contribution is -2.04. The van der Waals surface area contributed by atoms with E-state index in [0.29, 0.717) is 23.0 Å². The molecule has 0 spiro atoms. The highest BCUT2D eigenvalue weighted by Gasteiger charge is 2.17. The summed E-state index contributed by atoms with van der Waals surface area (Å²) in [6.45, 7) is 2.50. The van der Waals surface area contributed by atoms with E-state index < -0.39 is 0 Å². The summed E-state index contributed by atoms with van der Waals surface area (Å²) in [6.07, 6.45) is 2.62. The molecule has 0 saturated heterocycles. The summed E-state index contributed by atoms with van der Waals surface area (Å²) in [5.41, 5.74) is 1.55. The Bertz CT molecular complexity index is 435. The molecular weight excluding hydrogens is 212 g/mol. The summed E-state index contributed by atoms with van der Waals surface area (Å²) in [5.74, 6) is 0.351. The molecule has 0 fully saturated rings. The van der Waals surface area contributed by atoms with Gasteiger partial charge in [0.1, 0.15) is 0 Å². The van der Waals surface area contributed by atoms with Crippen LogP contribution in [0, 0.1) is 6.92 Å². The van der Waals surface area contributed by atoms with Crippen LogP contribution in [0.15, 0.2) is 30.0 Å². The van der Waals surface area contributed by atoms with Crippen LogP contribution in [0.25, 0.3) is 0 Å². The highest BCUT2D eigenvalue weighted by atomic mass is 35.5. The van der Waals surface area contributed by atoms with Gasteiger partial charge in [0, 0.05) is 17.0 Å². The van der Waals surface area contributed by atoms with E-state index in [1.165, 1.54) is 0 Å². The number of Topliss-reactive ketones (excluding diaryl/α,β-unsaturated/α-hetero) is 1. The van der Waals surface area contributed by atoms with Gasteiger partial charge in [0.15, 0.2) is 5.76 Å². The maximum atomic E-state index is 11.9. The summed E-state index contributed by atoms with van der Waals surface area (Å²) in [5, 5.41) is 0.611. The molecule has 15 heavy (non-hydrogen) atoms. The van der Waals surface area contributed by atoms with Crippen molar-refractivity contribution in [2.45, 2.75) is 13.3 Å². The summed E-state index contributed by atoms with van der Waals surface area (Å²) in [7, 11) is 0. The van der Waals surface area contributed by atoms with Gasteiger partial charge >= 0.3 is 0 Å². The summed E-state index contributed by atoms with van der Waals surface area (Å²) >= 11 is 5.95. The number of hydrogen-bond donors (Lipinski definition) is 0. The second kappa shape index (κ2) is 4.07. The van der Waals surface area contributed by atoms with E-state index in [1.807, 2.05) is 19.1 Å². The van der Waals surface area contributed by atoms with Crippen molar-refractivity contribution in [3.8, 4) is 0 Å². The molecule has 0 bridgehead atoms. The Morgan fingerprint density at radius 1 is 1.47 bits per heavy atom. The molecule has 0 aliphatic carbocycles. The van der Waals surface area contributed by atoms with Crippen LogP contribution >= 0.6 is 11.6 Å². The van der Waals surface area contributed by atoms with Crippen LogP contribution < -0.4 is 0 Å². The van der Waals surface area contributed by atoms with Crippen LogP contribution in [-0.4, -0.2) is 12.4 Å². The average Bonchev–Trinajstić information content (AvgIpc) is 2.74. The molecule has 0 amide bonds. The monoisotopic (exact) mass is 222 g/mol. The molecule has 1 aromatic carbocycles. The molecule has 0 saturated carbocycles. The van der Waals surface area contributed by atoms with Crippen LogP contribution in [0.3, 0.4) is 0 Å². The fraction of sp³-hybridized carbons (Fsp3) is 0.250. The second-order valence-corrected chi connectivity index (χ2v) is 3.91. The third-order valence-electron chi connectivity index (χ3n) is 2.36. The Labute approximate surface area is 93.5 Å². The van der Waals surface area contributed by atoms with Gasteiger partial charge in [-0.1, -0.05) is 23.7 Å². The number of aryl methyl sites for hydroxylation is 1. The number of benzene rings is 1. The first-order valence-corrected chi connectivity index (χ1v) is 5.20. The molecular formula is C12H11ClO2. The number of halogens is 1. The molecule has 0 aromatic heterocycles. The Kier molecular flexibility index (Phi) is 2.78. The van der Waals surface area contributed by atoms with Gasteiger partial charge in [-0.2, -0.15) is 0 Å². The van der Waals surface area contributed by atoms with E-state index in [4.69, 9.17) is 16.3 Å². The van der Waals surface area contributed by atoms with Gasteiger partial charge in [-0.3, -0.25) is 4.79 Å². The highest BCUT2D eigenvalue weighted by molar-refractivity contribution is 6.31. The molecule has 0 N–H and O–H groups in total. The smallest absolute Gasteiger partial charge is 0.227 e. The van der Waals surface area contributed by atoms with E-state index in [9.17, 15) is 4.79 Å². The maximum absolute atomic E-state index is 11.9. The normalized spacial score (nSPS) is 14.7. The zero-order valence-electron chi connectivity index (χ0n) is 8.42. The van der Waals surface area contributed by atoms with Crippen molar-refractivity contribution in [2.75, 3.05) is 6.61 Å². The number of allylic oxidation sites excluding steroid dienone is 1. The molecule has 2 rings (SSSR count). The second-order valence-electron chi connectivity index (χ2n) is 3.50. The van der Waals surface area contributed by atoms with Crippen LogP contribution in [0.2, 0.25) is 5.02 Å². The van der Waals surface area contributed by atoms with Crippen molar-refractivity contribution in [3.05, 3.63) is 46.2 Å². The molecule has 0 radical (unpaired) electrons. The Hall–Kier alpha value is -1.28. The van der Waals surface area contributed by atoms with Gasteiger partial charge in [0.2, 0.25) is 5.78 Å². The minimum Gasteiger partial charge on any atom is -0.489 e. The Balaban J connectivity index is 2.29. The van der Waals surface area contributed by atoms with E-state index in [-0.39, 0.29) is 5.78 Å². The molecule has 3 heteroatoms. The lowest BCUT2D eigenvalue weighted by molar-refractivity contribution is 0.0942. The number of ether oxygens (including phenoxy) is 1. The van der Waals surface area contributed by atoms with Crippen LogP contribution in [-0.2, 0) is 4.74 Å². The van der Waals surface area contributed by atoms with Crippen molar-refractivity contribution in [1.82, 2.24) is 0 Å². The van der Waals surface area contributed by atoms with Gasteiger partial charge in [-0.15, -0.1) is 0 Å². The number of ketones is 1. The van der Waals surface area contributed by atoms with E-state index in [0.717, 1.165) is 12.0 Å². The third-order valence-corrected chi connectivity index (χ3v) is 2.77. The molecule has 2 nitrogen and oxygen atoms in total. The molecule has 1 aliphatic heterocycles. The van der Waals surface area contributed by atoms with Crippen LogP contribution in [0.4, 0.5) is 0 Å². The standard InChI is InChI=1S/C12H11ClO2/c1-8-4-5-9(7-10(8)13)12(14)11-3-2-6-15-11/h3-5,7H,2,6H2,1H3. The summed E-state index contributed by atoms with van der Waals surface area (Å²) in [6, 6.07) is 5.29. The molecule has 78 valence electrons. The van der Waals surface area contributed by atoms with Crippen molar-refractivity contribution in [1.29, 1.82) is 0 Å². The maximum Gasteiger partial charge on any atom is 0.227 e. The minimum atomic E-state index is -0.0885. The first-order valence-electron chi connectivity index (χ1n) is 4.82. The Morgan fingerprint density at radius 3 is 2.87 bits per heavy atom. The SMILES string of the molecule is Cc1ccc(C(=O)C2=CCCO2)cc1Cl. The van der Waals surface area contributed by atoms with Crippen molar-refractivity contribution in [3.63, 3.8) is 0 Å². The number of carbonyl (C=O) groups excluding carboxylic acids is 1. The molecule has 0 unspecified atom stereocenters. The summed E-state index contributed by atoms with van der Waals surface area (Å²) in [4.78, 5) is 11.9. The van der Waals surface area contributed by atoms with Gasteiger partial charge in [0.25, 0.3) is 0 Å². The minimum absolute atomic E-state index is 0.0885. The predicted molar refractivity (Wildman–Crippen MR) is 59.2 cm³/mol. The lowest BCUT2D eigenvalue weighted by atomic mass is 10.1. The zero-order valence-corrected chi connectivity index (χ0v) is 9.17. The quantitative estimate of drug-likeness (QED) is 0.719. The number of hydrogen-bond acceptors (Lipinski definition) is 2. The highest BCUT2D eigenvalue weighted by Crippen LogP contribution is 2.21. The zero-order chi connectivity index (χ0) is 10.8. The molecule has 1 aromatic rings. The van der Waals surface area contributed by atoms with E-state index in [1.54, 1.807) is 12.1 Å². The van der Waals surface area contributed by atoms with Crippen molar-refractivity contribution >= 4 is 17.4 Å². The van der Waals surface area contributed by atoms with Crippen molar-refractivity contribution < 1.29 is 9.53 Å². The largest absolute Gasteiger partial charge is 0.489 e. The van der Waals surface area contributed by atoms with Gasteiger partial charge in [0.05, 0.1) is 6.61 Å². The van der Waals surface area contributed by atoms with Crippen LogP contribution in [0.1, 0.15) is 22.3 Å². The average molecular weight is 223 g/mol. The molecule has 1 aliphatic rings.